The molecule has 1 aliphatic rings. The van der Waals surface area contributed by atoms with E-state index in [1.807, 2.05) is 12.1 Å². The van der Waals surface area contributed by atoms with Crippen LogP contribution in [0.2, 0.25) is 0 Å². The summed E-state index contributed by atoms with van der Waals surface area (Å²) >= 11 is 0. The summed E-state index contributed by atoms with van der Waals surface area (Å²) in [5.74, 6) is 0.408. The first-order valence-electron chi connectivity index (χ1n) is 9.99. The summed E-state index contributed by atoms with van der Waals surface area (Å²) in [5.41, 5.74) is 1.98. The molecule has 0 atom stereocenters. The number of hydrogen-bond acceptors (Lipinski definition) is 5. The van der Waals surface area contributed by atoms with Gasteiger partial charge in [-0.1, -0.05) is 25.0 Å². The molecule has 8 heteroatoms. The van der Waals surface area contributed by atoms with Crippen LogP contribution in [0.15, 0.2) is 65.6 Å². The first-order chi connectivity index (χ1) is 14.5. The predicted octanol–water partition coefficient (Wildman–Crippen LogP) is 4.46. The molecule has 0 aliphatic carbocycles. The van der Waals surface area contributed by atoms with E-state index in [0.717, 1.165) is 42.3 Å². The zero-order chi connectivity index (χ0) is 21.0. The zero-order valence-corrected chi connectivity index (χ0v) is 17.3. The van der Waals surface area contributed by atoms with Crippen LogP contribution < -0.4 is 9.62 Å². The van der Waals surface area contributed by atoms with E-state index < -0.39 is 15.8 Å². The van der Waals surface area contributed by atoms with Gasteiger partial charge in [-0.05, 0) is 61.4 Å². The summed E-state index contributed by atoms with van der Waals surface area (Å²) in [5, 5.41) is 8.73. The highest BCUT2D eigenvalue weighted by atomic mass is 32.2. The van der Waals surface area contributed by atoms with Crippen LogP contribution in [-0.4, -0.2) is 31.7 Å². The van der Waals surface area contributed by atoms with E-state index in [1.165, 1.54) is 37.8 Å². The highest BCUT2D eigenvalue weighted by molar-refractivity contribution is 7.92. The van der Waals surface area contributed by atoms with Crippen LogP contribution >= 0.6 is 0 Å². The molecule has 4 rings (SSSR count). The maximum atomic E-state index is 13.0. The van der Waals surface area contributed by atoms with Crippen molar-refractivity contribution in [3.05, 3.63) is 66.5 Å². The molecule has 0 radical (unpaired) electrons. The summed E-state index contributed by atoms with van der Waals surface area (Å²) in [6.07, 6.45) is 4.88. The minimum Gasteiger partial charge on any atom is -0.355 e. The molecular weight excluding hydrogens is 403 g/mol. The highest BCUT2D eigenvalue weighted by Crippen LogP contribution is 2.23. The summed E-state index contributed by atoms with van der Waals surface area (Å²) in [7, 11) is -3.78. The Morgan fingerprint density at radius 1 is 0.800 bits per heavy atom. The van der Waals surface area contributed by atoms with Crippen molar-refractivity contribution in [1.29, 1.82) is 0 Å². The fourth-order valence-corrected chi connectivity index (χ4v) is 4.54. The smallest absolute Gasteiger partial charge is 0.261 e. The zero-order valence-electron chi connectivity index (χ0n) is 16.5. The van der Waals surface area contributed by atoms with Crippen LogP contribution in [0.25, 0.3) is 11.3 Å². The number of nitrogens with zero attached hydrogens (tertiary/aromatic N) is 3. The number of rotatable bonds is 5. The molecule has 1 aliphatic heterocycles. The minimum atomic E-state index is -3.78. The Bertz CT molecular complexity index is 1080. The van der Waals surface area contributed by atoms with Crippen molar-refractivity contribution >= 4 is 21.5 Å². The summed E-state index contributed by atoms with van der Waals surface area (Å²) in [6, 6.07) is 15.5. The van der Waals surface area contributed by atoms with E-state index in [2.05, 4.69) is 19.8 Å². The first-order valence-corrected chi connectivity index (χ1v) is 11.5. The van der Waals surface area contributed by atoms with E-state index in [0.29, 0.717) is 5.69 Å². The van der Waals surface area contributed by atoms with Crippen LogP contribution in [0.4, 0.5) is 15.9 Å². The molecule has 0 saturated carbocycles. The van der Waals surface area contributed by atoms with Gasteiger partial charge in [0.25, 0.3) is 10.0 Å². The quantitative estimate of drug-likeness (QED) is 0.652. The number of benzene rings is 2. The van der Waals surface area contributed by atoms with Gasteiger partial charge < -0.3 is 4.90 Å². The van der Waals surface area contributed by atoms with E-state index in [9.17, 15) is 12.8 Å². The van der Waals surface area contributed by atoms with Crippen molar-refractivity contribution < 1.29 is 12.8 Å². The lowest BCUT2D eigenvalue weighted by atomic mass is 10.1. The Kier molecular flexibility index (Phi) is 5.94. The van der Waals surface area contributed by atoms with Gasteiger partial charge in [0, 0.05) is 24.3 Å². The van der Waals surface area contributed by atoms with E-state index in [1.54, 1.807) is 24.3 Å². The average Bonchev–Trinajstić information content (AvgIpc) is 3.04. The summed E-state index contributed by atoms with van der Waals surface area (Å²) < 4.78 is 40.4. The predicted molar refractivity (Wildman–Crippen MR) is 115 cm³/mol. The number of halogens is 1. The monoisotopic (exact) mass is 426 g/mol. The first kappa shape index (κ1) is 20.3. The normalized spacial score (nSPS) is 14.9. The lowest BCUT2D eigenvalue weighted by molar-refractivity contribution is 0.599. The average molecular weight is 427 g/mol. The molecule has 0 amide bonds. The Balaban J connectivity index is 1.46. The molecular formula is C22H23FN4O2S. The van der Waals surface area contributed by atoms with Gasteiger partial charge in [0.1, 0.15) is 5.82 Å². The lowest BCUT2D eigenvalue weighted by Crippen LogP contribution is -2.25. The molecule has 30 heavy (non-hydrogen) atoms. The molecule has 2 aromatic carbocycles. The molecule has 6 nitrogen and oxygen atoms in total. The van der Waals surface area contributed by atoms with Crippen molar-refractivity contribution in [3.8, 4) is 11.3 Å². The number of anilines is 2. The fourth-order valence-electron chi connectivity index (χ4n) is 3.48. The SMILES string of the molecule is O=S(=O)(Nc1ccc(-c2ccc(N3CCCCCC3)nn2)cc1)c1ccc(F)cc1. The highest BCUT2D eigenvalue weighted by Gasteiger charge is 2.15. The van der Waals surface area contributed by atoms with Gasteiger partial charge in [0.15, 0.2) is 5.82 Å². The second-order valence-electron chi connectivity index (χ2n) is 7.31. The third kappa shape index (κ3) is 4.76. The van der Waals surface area contributed by atoms with Crippen molar-refractivity contribution in [3.63, 3.8) is 0 Å². The molecule has 1 aromatic heterocycles. The van der Waals surface area contributed by atoms with Crippen molar-refractivity contribution in [1.82, 2.24) is 10.2 Å². The Morgan fingerprint density at radius 3 is 2.07 bits per heavy atom. The van der Waals surface area contributed by atoms with Crippen LogP contribution in [0, 0.1) is 5.82 Å². The fraction of sp³-hybridized carbons (Fsp3) is 0.273. The van der Waals surface area contributed by atoms with E-state index in [-0.39, 0.29) is 4.90 Å². The van der Waals surface area contributed by atoms with Crippen molar-refractivity contribution in [2.24, 2.45) is 0 Å². The second kappa shape index (κ2) is 8.79. The topological polar surface area (TPSA) is 75.2 Å². The maximum absolute atomic E-state index is 13.0. The van der Waals surface area contributed by atoms with Crippen LogP contribution in [-0.2, 0) is 10.0 Å². The van der Waals surface area contributed by atoms with E-state index in [4.69, 9.17) is 0 Å². The molecule has 1 saturated heterocycles. The molecule has 2 heterocycles. The number of hydrogen-bond donors (Lipinski definition) is 1. The molecule has 0 spiro atoms. The van der Waals surface area contributed by atoms with Crippen molar-refractivity contribution in [2.45, 2.75) is 30.6 Å². The summed E-state index contributed by atoms with van der Waals surface area (Å²) in [6.45, 7) is 2.02. The third-order valence-corrected chi connectivity index (χ3v) is 6.53. The van der Waals surface area contributed by atoms with Gasteiger partial charge >= 0.3 is 0 Å². The molecule has 0 unspecified atom stereocenters. The standard InChI is InChI=1S/C22H23FN4O2S/c23-18-7-11-20(12-8-18)30(28,29)26-19-9-5-17(6-10-19)21-13-14-22(25-24-21)27-15-3-1-2-4-16-27/h5-14,26H,1-4,15-16H2. The second-order valence-corrected chi connectivity index (χ2v) is 9.00. The van der Waals surface area contributed by atoms with Crippen LogP contribution in [0.1, 0.15) is 25.7 Å². The third-order valence-electron chi connectivity index (χ3n) is 5.14. The summed E-state index contributed by atoms with van der Waals surface area (Å²) in [4.78, 5) is 2.28. The number of sulfonamides is 1. The van der Waals surface area contributed by atoms with Gasteiger partial charge in [-0.2, -0.15) is 0 Å². The molecule has 3 aromatic rings. The Labute approximate surface area is 175 Å². The van der Waals surface area contributed by atoms with Gasteiger partial charge in [0.2, 0.25) is 0 Å². The van der Waals surface area contributed by atoms with Crippen LogP contribution in [0.3, 0.4) is 0 Å². The van der Waals surface area contributed by atoms with Gasteiger partial charge in [-0.25, -0.2) is 12.8 Å². The number of nitrogens with one attached hydrogen (secondary N) is 1. The Morgan fingerprint density at radius 2 is 1.47 bits per heavy atom. The van der Waals surface area contributed by atoms with Crippen LogP contribution in [0.5, 0.6) is 0 Å². The van der Waals surface area contributed by atoms with Gasteiger partial charge in [-0.15, -0.1) is 10.2 Å². The van der Waals surface area contributed by atoms with Gasteiger partial charge in [-0.3, -0.25) is 4.72 Å². The minimum absolute atomic E-state index is 0.00273. The number of aromatic nitrogens is 2. The molecule has 156 valence electrons. The molecule has 0 bridgehead atoms. The van der Waals surface area contributed by atoms with Gasteiger partial charge in [0.05, 0.1) is 10.6 Å². The molecule has 1 fully saturated rings. The van der Waals surface area contributed by atoms with Crippen molar-refractivity contribution in [2.75, 3.05) is 22.7 Å². The Hall–Kier alpha value is -3.00. The molecule has 1 N–H and O–H groups in total. The largest absolute Gasteiger partial charge is 0.355 e. The maximum Gasteiger partial charge on any atom is 0.261 e. The lowest BCUT2D eigenvalue weighted by Gasteiger charge is -2.20. The van der Waals surface area contributed by atoms with E-state index >= 15 is 0 Å².